The van der Waals surface area contributed by atoms with Crippen molar-refractivity contribution in [3.05, 3.63) is 76.8 Å². The van der Waals surface area contributed by atoms with Gasteiger partial charge in [0.1, 0.15) is 17.2 Å². The van der Waals surface area contributed by atoms with Crippen molar-refractivity contribution in [3.8, 4) is 39.5 Å². The summed E-state index contributed by atoms with van der Waals surface area (Å²) in [5.74, 6) is 1.84. The molecule has 0 heterocycles. The maximum absolute atomic E-state index is 10.1. The third-order valence-electron chi connectivity index (χ3n) is 5.64. The SMILES string of the molecule is COc1ccc2c(c1)Cc1c-2c(Cl)c2ccc(OC)cc2c1-c1cccc(O)c1. The Morgan fingerprint density at radius 2 is 1.59 bits per heavy atom. The van der Waals surface area contributed by atoms with Crippen LogP contribution in [0.2, 0.25) is 5.02 Å². The second-order valence-corrected chi connectivity index (χ2v) is 7.58. The Morgan fingerprint density at radius 3 is 2.34 bits per heavy atom. The molecule has 4 aromatic carbocycles. The number of phenols is 1. The summed E-state index contributed by atoms with van der Waals surface area (Å²) in [6.45, 7) is 0. The van der Waals surface area contributed by atoms with Crippen molar-refractivity contribution in [2.45, 2.75) is 6.42 Å². The number of phenolic OH excluding ortho intramolecular Hbond substituents is 1. The lowest BCUT2D eigenvalue weighted by molar-refractivity contribution is 0.414. The van der Waals surface area contributed by atoms with Crippen molar-refractivity contribution >= 4 is 22.4 Å². The minimum absolute atomic E-state index is 0.236. The Kier molecular flexibility index (Phi) is 4.14. The number of benzene rings is 4. The molecule has 1 N–H and O–H groups in total. The summed E-state index contributed by atoms with van der Waals surface area (Å²) in [4.78, 5) is 0. The van der Waals surface area contributed by atoms with Gasteiger partial charge in [0.05, 0.1) is 19.2 Å². The first-order valence-corrected chi connectivity index (χ1v) is 9.77. The summed E-state index contributed by atoms with van der Waals surface area (Å²) in [6, 6.07) is 19.4. The molecule has 0 unspecified atom stereocenters. The molecule has 0 fully saturated rings. The number of aromatic hydroxyl groups is 1. The van der Waals surface area contributed by atoms with Crippen LogP contribution < -0.4 is 9.47 Å². The molecule has 4 aromatic rings. The van der Waals surface area contributed by atoms with E-state index in [1.54, 1.807) is 26.4 Å². The molecule has 0 radical (unpaired) electrons. The predicted molar refractivity (Wildman–Crippen MR) is 117 cm³/mol. The van der Waals surface area contributed by atoms with Gasteiger partial charge in [-0.3, -0.25) is 0 Å². The third-order valence-corrected chi connectivity index (χ3v) is 6.03. The zero-order valence-electron chi connectivity index (χ0n) is 16.1. The first-order valence-electron chi connectivity index (χ1n) is 9.39. The lowest BCUT2D eigenvalue weighted by atomic mass is 9.89. The zero-order chi connectivity index (χ0) is 20.1. The minimum atomic E-state index is 0.236. The van der Waals surface area contributed by atoms with Crippen LogP contribution in [0.4, 0.5) is 0 Å². The lowest BCUT2D eigenvalue weighted by Crippen LogP contribution is -1.93. The molecule has 0 aliphatic heterocycles. The van der Waals surface area contributed by atoms with E-state index < -0.39 is 0 Å². The van der Waals surface area contributed by atoms with Crippen LogP contribution in [0.5, 0.6) is 17.2 Å². The van der Waals surface area contributed by atoms with Crippen molar-refractivity contribution in [2.24, 2.45) is 0 Å². The Balaban J connectivity index is 1.90. The predicted octanol–water partition coefficient (Wildman–Crippen LogP) is 6.45. The molecule has 0 spiro atoms. The van der Waals surface area contributed by atoms with Crippen molar-refractivity contribution < 1.29 is 14.6 Å². The van der Waals surface area contributed by atoms with E-state index in [0.29, 0.717) is 0 Å². The summed E-state index contributed by atoms with van der Waals surface area (Å²) in [7, 11) is 3.34. The topological polar surface area (TPSA) is 38.7 Å². The highest BCUT2D eigenvalue weighted by Crippen LogP contribution is 2.51. The van der Waals surface area contributed by atoms with Crippen LogP contribution in [0, 0.1) is 0 Å². The van der Waals surface area contributed by atoms with Gasteiger partial charge in [-0.05, 0) is 82.1 Å². The molecule has 0 aromatic heterocycles. The van der Waals surface area contributed by atoms with Gasteiger partial charge in [0.2, 0.25) is 0 Å². The molecule has 5 rings (SSSR count). The molecule has 29 heavy (non-hydrogen) atoms. The number of fused-ring (bicyclic) bond motifs is 4. The molecular formula is C25H19ClO3. The second-order valence-electron chi connectivity index (χ2n) is 7.20. The van der Waals surface area contributed by atoms with Crippen LogP contribution in [-0.4, -0.2) is 19.3 Å². The van der Waals surface area contributed by atoms with E-state index in [9.17, 15) is 5.11 Å². The Labute approximate surface area is 174 Å². The highest BCUT2D eigenvalue weighted by molar-refractivity contribution is 6.39. The normalized spacial score (nSPS) is 12.0. The largest absolute Gasteiger partial charge is 0.508 e. The molecular weight excluding hydrogens is 384 g/mol. The summed E-state index contributed by atoms with van der Waals surface area (Å²) in [6.07, 6.45) is 0.750. The van der Waals surface area contributed by atoms with Gasteiger partial charge in [0.15, 0.2) is 0 Å². The van der Waals surface area contributed by atoms with Gasteiger partial charge >= 0.3 is 0 Å². The van der Waals surface area contributed by atoms with E-state index in [1.807, 2.05) is 36.4 Å². The number of halogens is 1. The van der Waals surface area contributed by atoms with Crippen molar-refractivity contribution in [2.75, 3.05) is 14.2 Å². The molecule has 0 saturated heterocycles. The molecule has 0 atom stereocenters. The van der Waals surface area contributed by atoms with E-state index in [-0.39, 0.29) is 5.75 Å². The van der Waals surface area contributed by atoms with Gasteiger partial charge < -0.3 is 14.6 Å². The maximum Gasteiger partial charge on any atom is 0.119 e. The highest BCUT2D eigenvalue weighted by atomic mass is 35.5. The van der Waals surface area contributed by atoms with Crippen LogP contribution >= 0.6 is 11.6 Å². The highest BCUT2D eigenvalue weighted by Gasteiger charge is 2.28. The van der Waals surface area contributed by atoms with E-state index in [4.69, 9.17) is 21.1 Å². The maximum atomic E-state index is 10.1. The van der Waals surface area contributed by atoms with Crippen LogP contribution in [0.25, 0.3) is 33.0 Å². The summed E-state index contributed by atoms with van der Waals surface area (Å²) in [5.41, 5.74) is 6.56. The average molecular weight is 403 g/mol. The average Bonchev–Trinajstić information content (AvgIpc) is 3.12. The summed E-state index contributed by atoms with van der Waals surface area (Å²) >= 11 is 6.95. The fourth-order valence-electron chi connectivity index (χ4n) is 4.33. The number of rotatable bonds is 3. The lowest BCUT2D eigenvalue weighted by Gasteiger charge is -2.17. The van der Waals surface area contributed by atoms with Gasteiger partial charge in [-0.15, -0.1) is 0 Å². The van der Waals surface area contributed by atoms with Gasteiger partial charge in [-0.25, -0.2) is 0 Å². The molecule has 1 aliphatic carbocycles. The summed E-state index contributed by atoms with van der Waals surface area (Å²) < 4.78 is 10.9. The van der Waals surface area contributed by atoms with Crippen LogP contribution in [0.15, 0.2) is 60.7 Å². The fourth-order valence-corrected chi connectivity index (χ4v) is 4.71. The van der Waals surface area contributed by atoms with Crippen molar-refractivity contribution in [3.63, 3.8) is 0 Å². The Bertz CT molecular complexity index is 1280. The Hall–Kier alpha value is -3.17. The summed E-state index contributed by atoms with van der Waals surface area (Å²) in [5, 5.41) is 12.8. The van der Waals surface area contributed by atoms with Gasteiger partial charge in [-0.2, -0.15) is 0 Å². The van der Waals surface area contributed by atoms with E-state index in [2.05, 4.69) is 12.1 Å². The third kappa shape index (κ3) is 2.73. The molecule has 4 heteroatoms. The minimum Gasteiger partial charge on any atom is -0.508 e. The van der Waals surface area contributed by atoms with Gasteiger partial charge in [-0.1, -0.05) is 29.8 Å². The van der Waals surface area contributed by atoms with E-state index in [0.717, 1.165) is 61.5 Å². The molecule has 0 amide bonds. The number of ether oxygens (including phenoxy) is 2. The van der Waals surface area contributed by atoms with Crippen molar-refractivity contribution in [1.82, 2.24) is 0 Å². The number of hydrogen-bond acceptors (Lipinski definition) is 3. The smallest absolute Gasteiger partial charge is 0.119 e. The standard InChI is InChI=1S/C25H19ClO3/c1-28-17-6-8-19-15(11-17)12-22-23(14-4-3-5-16(27)10-14)21-13-18(29-2)7-9-20(21)25(26)24(19)22/h3-11,13,27H,12H2,1-2H3. The fraction of sp³-hybridized carbons (Fsp3) is 0.120. The Morgan fingerprint density at radius 1 is 0.828 bits per heavy atom. The first-order chi connectivity index (χ1) is 14.1. The number of methoxy groups -OCH3 is 2. The zero-order valence-corrected chi connectivity index (χ0v) is 16.9. The molecule has 0 bridgehead atoms. The monoisotopic (exact) mass is 402 g/mol. The molecule has 144 valence electrons. The van der Waals surface area contributed by atoms with Crippen LogP contribution in [0.1, 0.15) is 11.1 Å². The second kappa shape index (κ2) is 6.71. The first kappa shape index (κ1) is 17.9. The van der Waals surface area contributed by atoms with Crippen LogP contribution in [-0.2, 0) is 6.42 Å². The van der Waals surface area contributed by atoms with Crippen LogP contribution in [0.3, 0.4) is 0 Å². The molecule has 1 aliphatic rings. The number of hydrogen-bond donors (Lipinski definition) is 1. The van der Waals surface area contributed by atoms with Gasteiger partial charge in [0, 0.05) is 10.9 Å². The van der Waals surface area contributed by atoms with E-state index in [1.165, 1.54) is 5.56 Å². The molecule has 0 saturated carbocycles. The van der Waals surface area contributed by atoms with E-state index >= 15 is 0 Å². The molecule has 3 nitrogen and oxygen atoms in total. The quantitative estimate of drug-likeness (QED) is 0.376. The van der Waals surface area contributed by atoms with Crippen molar-refractivity contribution in [1.29, 1.82) is 0 Å². The van der Waals surface area contributed by atoms with Gasteiger partial charge in [0.25, 0.3) is 0 Å².